The number of hydrogen-bond donors (Lipinski definition) is 0. The maximum atomic E-state index is 6.80. The Bertz CT molecular complexity index is 2540. The minimum Gasteiger partial charge on any atom is -0.496 e. The van der Waals surface area contributed by atoms with Gasteiger partial charge in [-0.2, -0.15) is 0 Å². The Morgan fingerprint density at radius 1 is 0.338 bits per heavy atom. The molecule has 0 amide bonds. The normalized spacial score (nSPS) is 13.3. The van der Waals surface area contributed by atoms with E-state index in [0.717, 1.165) is 89.8 Å². The molecule has 340 valence electrons. The molecule has 1 aliphatic rings. The molecule has 7 rings (SSSR count). The second kappa shape index (κ2) is 17.9. The van der Waals surface area contributed by atoms with E-state index in [1.807, 2.05) is 28.4 Å². The van der Waals surface area contributed by atoms with Gasteiger partial charge in [-0.05, 0) is 106 Å². The highest BCUT2D eigenvalue weighted by Crippen LogP contribution is 2.50. The van der Waals surface area contributed by atoms with E-state index in [1.54, 1.807) is 0 Å². The highest BCUT2D eigenvalue weighted by atomic mass is 16.5. The van der Waals surface area contributed by atoms with Crippen molar-refractivity contribution in [1.29, 1.82) is 0 Å². The summed E-state index contributed by atoms with van der Waals surface area (Å²) < 4.78 is 26.7. The van der Waals surface area contributed by atoms with Crippen molar-refractivity contribution in [3.8, 4) is 23.0 Å². The monoisotopic (exact) mass is 869 g/mol. The van der Waals surface area contributed by atoms with Gasteiger partial charge >= 0.3 is 0 Å². The second-order valence-corrected chi connectivity index (χ2v) is 22.1. The van der Waals surface area contributed by atoms with Crippen LogP contribution in [0.2, 0.25) is 0 Å². The summed E-state index contributed by atoms with van der Waals surface area (Å²) in [5.74, 6) is 3.46. The Morgan fingerprint density at radius 2 is 0.585 bits per heavy atom. The van der Waals surface area contributed by atoms with Gasteiger partial charge < -0.3 is 18.9 Å². The largest absolute Gasteiger partial charge is 0.496 e. The molecule has 8 bridgehead atoms. The van der Waals surface area contributed by atoms with Crippen LogP contribution in [0.3, 0.4) is 0 Å². The zero-order valence-electron chi connectivity index (χ0n) is 42.1. The number of hydrogen-bond acceptors (Lipinski definition) is 4. The van der Waals surface area contributed by atoms with Gasteiger partial charge in [0.1, 0.15) is 23.0 Å². The van der Waals surface area contributed by atoms with E-state index >= 15 is 0 Å². The third kappa shape index (κ3) is 9.65. The van der Waals surface area contributed by atoms with Gasteiger partial charge in [-0.3, -0.25) is 0 Å². The Morgan fingerprint density at radius 3 is 0.831 bits per heavy atom. The van der Waals surface area contributed by atoms with Gasteiger partial charge in [0.2, 0.25) is 0 Å². The first-order chi connectivity index (χ1) is 30.6. The van der Waals surface area contributed by atoms with E-state index in [-0.39, 0.29) is 21.7 Å². The Kier molecular flexibility index (Phi) is 13.0. The maximum absolute atomic E-state index is 6.80. The fraction of sp³-hybridized carbons (Fsp3) is 0.377. The number of ether oxygens (including phenoxy) is 4. The molecule has 0 saturated heterocycles. The van der Waals surface area contributed by atoms with E-state index in [2.05, 4.69) is 192 Å². The fourth-order valence-electron chi connectivity index (χ4n) is 9.48. The summed E-state index contributed by atoms with van der Waals surface area (Å²) >= 11 is 0. The lowest BCUT2D eigenvalue weighted by molar-refractivity contribution is 0.397. The first kappa shape index (κ1) is 47.2. The third-order valence-corrected chi connectivity index (χ3v) is 13.2. The molecule has 0 N–H and O–H groups in total. The molecule has 0 fully saturated rings. The smallest absolute Gasteiger partial charge is 0.130 e. The minimum absolute atomic E-state index is 0.123. The van der Waals surface area contributed by atoms with Crippen LogP contribution in [0, 0.1) is 0 Å². The van der Waals surface area contributed by atoms with Gasteiger partial charge in [-0.25, -0.2) is 0 Å². The van der Waals surface area contributed by atoms with Gasteiger partial charge in [0, 0.05) is 36.0 Å². The van der Waals surface area contributed by atoms with Gasteiger partial charge in [0.15, 0.2) is 0 Å². The van der Waals surface area contributed by atoms with Crippen molar-refractivity contribution in [1.82, 2.24) is 0 Å². The Balaban J connectivity index is 1.79. The van der Waals surface area contributed by atoms with Crippen molar-refractivity contribution in [2.45, 2.75) is 124 Å². The first-order valence-corrected chi connectivity index (χ1v) is 23.3. The SMILES string of the molecule is COc1c2cc(C(C)(C)C)cc1Cc1cc(C(C)(C)C)cc(c1OC)C(=C(c1ccccc1)c1ccccc1)c1cc(C(C)(C)C)cc(c1OC)Cc1cc(C(C)(C)C)cc(c1OC)C2. The van der Waals surface area contributed by atoms with Gasteiger partial charge in [-0.1, -0.05) is 180 Å². The standard InChI is InChI=1S/C61H72O4/c1-58(2,3)46-30-40-27-41-31-47(59(4,5)6)33-43(55(41)63-14)29-45-35-49(61(10,11)12)37-51(57(45)65-16)53(52(38-23-19-17-20-24-38)39-25-21-18-22-26-39)50-36-48(60(7,8)9)34-44(56(50)64-15)28-42(32-46)54(40)62-13/h17-26,30-37H,27-29H2,1-16H3. The summed E-state index contributed by atoms with van der Waals surface area (Å²) in [7, 11) is 7.29. The maximum Gasteiger partial charge on any atom is 0.130 e. The predicted octanol–water partition coefficient (Wildman–Crippen LogP) is 15.0. The predicted molar refractivity (Wildman–Crippen MR) is 273 cm³/mol. The van der Waals surface area contributed by atoms with E-state index in [1.165, 1.54) is 22.3 Å². The van der Waals surface area contributed by atoms with Crippen molar-refractivity contribution in [2.75, 3.05) is 28.4 Å². The Hall–Kier alpha value is -5.74. The zero-order valence-corrected chi connectivity index (χ0v) is 42.1. The van der Waals surface area contributed by atoms with E-state index in [9.17, 15) is 0 Å². The first-order valence-electron chi connectivity index (χ1n) is 23.3. The summed E-state index contributed by atoms with van der Waals surface area (Å²) in [6.07, 6.45) is 1.82. The van der Waals surface area contributed by atoms with Crippen LogP contribution >= 0.6 is 0 Å². The van der Waals surface area contributed by atoms with Crippen LogP contribution < -0.4 is 18.9 Å². The van der Waals surface area contributed by atoms with E-state index < -0.39 is 0 Å². The molecular formula is C61H72O4. The lowest BCUT2D eigenvalue weighted by Crippen LogP contribution is -2.17. The molecule has 1 aliphatic carbocycles. The van der Waals surface area contributed by atoms with Crippen LogP contribution in [0.15, 0.2) is 109 Å². The summed E-state index contributed by atoms with van der Waals surface area (Å²) in [5, 5.41) is 0. The molecule has 6 aromatic rings. The van der Waals surface area contributed by atoms with Crippen molar-refractivity contribution in [3.63, 3.8) is 0 Å². The average molecular weight is 869 g/mol. The summed E-state index contributed by atoms with van der Waals surface area (Å²) in [6, 6.07) is 40.6. The quantitative estimate of drug-likeness (QED) is 0.167. The van der Waals surface area contributed by atoms with E-state index in [4.69, 9.17) is 18.9 Å². The molecular weight excluding hydrogens is 797 g/mol. The molecule has 6 aromatic carbocycles. The van der Waals surface area contributed by atoms with Crippen LogP contribution in [0.1, 0.15) is 161 Å². The van der Waals surface area contributed by atoms with Crippen LogP contribution in [0.25, 0.3) is 11.1 Å². The molecule has 0 radical (unpaired) electrons. The molecule has 0 atom stereocenters. The molecule has 0 unspecified atom stereocenters. The lowest BCUT2D eigenvalue weighted by atomic mass is 9.76. The highest BCUT2D eigenvalue weighted by molar-refractivity contribution is 6.07. The van der Waals surface area contributed by atoms with Gasteiger partial charge in [0.05, 0.1) is 28.4 Å². The molecule has 0 heterocycles. The summed E-state index contributed by atoms with van der Waals surface area (Å²) in [6.45, 7) is 27.6. The number of rotatable bonds is 6. The third-order valence-electron chi connectivity index (χ3n) is 13.2. The number of fused-ring (bicyclic) bond motifs is 8. The van der Waals surface area contributed by atoms with Crippen molar-refractivity contribution in [3.05, 3.63) is 187 Å². The average Bonchev–Trinajstić information content (AvgIpc) is 3.24. The van der Waals surface area contributed by atoms with Crippen molar-refractivity contribution in [2.24, 2.45) is 0 Å². The lowest BCUT2D eigenvalue weighted by Gasteiger charge is -2.30. The number of methoxy groups -OCH3 is 4. The topological polar surface area (TPSA) is 36.9 Å². The van der Waals surface area contributed by atoms with Crippen LogP contribution in [-0.2, 0) is 40.9 Å². The Labute approximate surface area is 391 Å². The van der Waals surface area contributed by atoms with Crippen LogP contribution in [0.4, 0.5) is 0 Å². The van der Waals surface area contributed by atoms with Gasteiger partial charge in [0.25, 0.3) is 0 Å². The van der Waals surface area contributed by atoms with Crippen LogP contribution in [0.5, 0.6) is 23.0 Å². The van der Waals surface area contributed by atoms with Crippen molar-refractivity contribution >= 4 is 11.1 Å². The molecule has 65 heavy (non-hydrogen) atoms. The molecule has 0 saturated carbocycles. The molecule has 4 heteroatoms. The molecule has 0 aromatic heterocycles. The zero-order chi connectivity index (χ0) is 47.2. The van der Waals surface area contributed by atoms with Crippen LogP contribution in [-0.4, -0.2) is 28.4 Å². The number of benzene rings is 6. The molecule has 4 nitrogen and oxygen atoms in total. The minimum atomic E-state index is -0.198. The summed E-state index contributed by atoms with van der Waals surface area (Å²) in [4.78, 5) is 0. The molecule has 0 spiro atoms. The van der Waals surface area contributed by atoms with Crippen molar-refractivity contribution < 1.29 is 18.9 Å². The van der Waals surface area contributed by atoms with Gasteiger partial charge in [-0.15, -0.1) is 0 Å². The second-order valence-electron chi connectivity index (χ2n) is 22.1. The van der Waals surface area contributed by atoms with E-state index in [0.29, 0.717) is 19.3 Å². The highest BCUT2D eigenvalue weighted by Gasteiger charge is 2.32. The summed E-state index contributed by atoms with van der Waals surface area (Å²) in [5.41, 5.74) is 17.4. The molecule has 0 aliphatic heterocycles. The fourth-order valence-corrected chi connectivity index (χ4v) is 9.48.